The van der Waals surface area contributed by atoms with Crippen LogP contribution in [0.15, 0.2) is 53.1 Å². The smallest absolute Gasteiger partial charge is 0.407 e. The molecular formula is C62H97N13O20. The number of aliphatic hydroxyl groups is 3. The monoisotopic (exact) mass is 1340 g/mol. The molecule has 16 N–H and O–H groups in total. The first-order valence-electron chi connectivity index (χ1n) is 31.2. The number of carbonyl (C=O) groups excluding carboxylic acids is 13. The molecule has 2 aromatic rings. The summed E-state index contributed by atoms with van der Waals surface area (Å²) >= 11 is 0. The van der Waals surface area contributed by atoms with Gasteiger partial charge in [0.25, 0.3) is 5.91 Å². The number of hydrogen-bond acceptors (Lipinski definition) is 20. The van der Waals surface area contributed by atoms with Crippen molar-refractivity contribution in [2.75, 3.05) is 32.8 Å². The van der Waals surface area contributed by atoms with E-state index in [1.54, 1.807) is 106 Å². The van der Waals surface area contributed by atoms with E-state index in [4.69, 9.17) is 18.6 Å². The summed E-state index contributed by atoms with van der Waals surface area (Å²) in [5.74, 6) is -11.5. The Morgan fingerprint density at radius 2 is 1.00 bits per heavy atom. The molecule has 0 aliphatic carbocycles. The molecule has 0 radical (unpaired) electrons. The second-order valence-corrected chi connectivity index (χ2v) is 26.1. The van der Waals surface area contributed by atoms with E-state index in [0.717, 1.165) is 13.8 Å². The Morgan fingerprint density at radius 1 is 0.558 bits per heavy atom. The van der Waals surface area contributed by atoms with E-state index in [0.29, 0.717) is 5.56 Å². The Labute approximate surface area is 551 Å². The highest BCUT2D eigenvalue weighted by atomic mass is 16.6. The van der Waals surface area contributed by atoms with Crippen LogP contribution in [0.25, 0.3) is 0 Å². The number of nitrogens with one attached hydrogen (secondary N) is 13. The number of amides is 13. The molecule has 1 fully saturated rings. The van der Waals surface area contributed by atoms with Gasteiger partial charge in [0, 0.05) is 32.6 Å². The number of benzene rings is 1. The van der Waals surface area contributed by atoms with Crippen LogP contribution in [0.2, 0.25) is 0 Å². The zero-order valence-electron chi connectivity index (χ0n) is 56.1. The maximum atomic E-state index is 14.9. The van der Waals surface area contributed by atoms with E-state index in [2.05, 4.69) is 69.1 Å². The van der Waals surface area contributed by atoms with Gasteiger partial charge in [0.05, 0.1) is 25.1 Å². The van der Waals surface area contributed by atoms with Gasteiger partial charge in [-0.3, -0.25) is 47.9 Å². The molecule has 530 valence electrons. The van der Waals surface area contributed by atoms with Gasteiger partial charge >= 0.3 is 18.3 Å². The number of aliphatic hydroxyl groups excluding tert-OH is 3. The standard InChI is InChI=1S/C62H97N13O20/c1-33(2)30-41-51(83)69-38(22-26-64-57(89)93-60(5,6)7)48(80)68-40(24-28-66-59(91)95-62(11,12)13)50(82)74-45(34(3)77)55(87)63-25-21-37(70-53(85)43(32-76)73-56(88)46(35(4)78)75-54(86)44-20-17-29-92-44)47(79)67-39(23-27-65-58(90)94-61(8,9)10)49(81)72-42(52(84)71-41)31-36-18-15-14-16-19-36/h14-20,29,33-35,37-43,45-46,76-78H,21-28,30-32H2,1-13H3,(H,63,87)(H,64,89)(H,65,90)(H,66,91)(H,67,79)(H,68,80)(H,69,83)(H,70,85)(H,71,84)(H,72,81)(H,73,88)(H,74,82)(H,75,86)/t34-,35-,37+,38+,39+,40+,41+,42-,43-,45+,46+/m1/s1. The summed E-state index contributed by atoms with van der Waals surface area (Å²) in [7, 11) is 0. The van der Waals surface area contributed by atoms with Crippen LogP contribution < -0.4 is 69.1 Å². The quantitative estimate of drug-likeness (QED) is 0.0601. The van der Waals surface area contributed by atoms with Gasteiger partial charge < -0.3 is 103 Å². The Kier molecular flexibility index (Phi) is 31.8. The van der Waals surface area contributed by atoms with Gasteiger partial charge in [-0.1, -0.05) is 44.2 Å². The fourth-order valence-electron chi connectivity index (χ4n) is 8.96. The van der Waals surface area contributed by atoms with Crippen LogP contribution in [-0.2, 0) is 63.8 Å². The zero-order chi connectivity index (χ0) is 71.5. The minimum Gasteiger partial charge on any atom is -0.459 e. The Bertz CT molecular complexity index is 2930. The number of furan rings is 1. The molecule has 11 atom stereocenters. The molecule has 0 spiro atoms. The molecule has 1 aliphatic rings. The predicted molar refractivity (Wildman–Crippen MR) is 340 cm³/mol. The normalized spacial score (nSPS) is 21.3. The summed E-state index contributed by atoms with van der Waals surface area (Å²) in [4.78, 5) is 182. The van der Waals surface area contributed by atoms with Gasteiger partial charge in [-0.2, -0.15) is 0 Å². The molecule has 0 unspecified atom stereocenters. The summed E-state index contributed by atoms with van der Waals surface area (Å²) < 4.78 is 21.1. The lowest BCUT2D eigenvalue weighted by Gasteiger charge is -2.29. The number of carbonyl (C=O) groups is 13. The molecule has 1 aliphatic heterocycles. The first-order chi connectivity index (χ1) is 44.3. The number of rotatable bonds is 22. The minimum atomic E-state index is -1.94. The van der Waals surface area contributed by atoms with Gasteiger partial charge in [-0.05, 0) is 132 Å². The fraction of sp³-hybridized carbons (Fsp3) is 0.629. The number of alkyl carbamates (subject to hydrolysis) is 3. The summed E-state index contributed by atoms with van der Waals surface area (Å²) in [5.41, 5.74) is -2.40. The van der Waals surface area contributed by atoms with E-state index in [9.17, 15) is 77.6 Å². The molecule has 1 aromatic heterocycles. The van der Waals surface area contributed by atoms with Crippen molar-refractivity contribution in [2.45, 2.75) is 212 Å². The molecule has 13 amide bonds. The van der Waals surface area contributed by atoms with Gasteiger partial charge in [-0.25, -0.2) is 14.4 Å². The van der Waals surface area contributed by atoms with E-state index in [1.165, 1.54) is 18.4 Å². The molecule has 33 nitrogen and oxygen atoms in total. The SMILES string of the molecule is CC(C)C[C@@H]1NC(=O)[C@@H](Cc2ccccc2)NC(=O)[C@H](CCNC(=O)OC(C)(C)C)NC(=O)[C@@H](NC(=O)[C@@H](CO)NC(=O)[C@@H](NC(=O)c2ccco2)[C@@H](C)O)CCNC(=O)[C@H]([C@@H](C)O)NC(=O)[C@H](CCNC(=O)OC(C)(C)C)NC(=O)[C@H](CCNC(=O)OC(C)(C)C)NC1=O. The lowest BCUT2D eigenvalue weighted by Crippen LogP contribution is -2.61. The van der Waals surface area contributed by atoms with E-state index in [1.807, 2.05) is 0 Å². The van der Waals surface area contributed by atoms with Crippen molar-refractivity contribution in [3.05, 3.63) is 60.1 Å². The minimum absolute atomic E-state index is 0.0926. The summed E-state index contributed by atoms with van der Waals surface area (Å²) in [6, 6.07) is -4.61. The highest BCUT2D eigenvalue weighted by molar-refractivity contribution is 6.00. The van der Waals surface area contributed by atoms with Crippen molar-refractivity contribution < 1.29 is 96.3 Å². The Balaban J connectivity index is 2.28. The maximum Gasteiger partial charge on any atom is 0.407 e. The second-order valence-electron chi connectivity index (χ2n) is 26.1. The Morgan fingerprint density at radius 3 is 1.43 bits per heavy atom. The molecule has 0 saturated carbocycles. The Hall–Kier alpha value is -9.11. The molecule has 1 aromatic carbocycles. The van der Waals surface area contributed by atoms with Crippen molar-refractivity contribution in [1.82, 2.24) is 69.1 Å². The van der Waals surface area contributed by atoms with Gasteiger partial charge in [0.1, 0.15) is 71.2 Å². The van der Waals surface area contributed by atoms with E-state index in [-0.39, 0.29) is 50.6 Å². The number of ether oxygens (including phenoxy) is 3. The first-order valence-corrected chi connectivity index (χ1v) is 31.2. The largest absolute Gasteiger partial charge is 0.459 e. The molecule has 33 heteroatoms. The van der Waals surface area contributed by atoms with Crippen molar-refractivity contribution in [3.8, 4) is 0 Å². The third-order valence-electron chi connectivity index (χ3n) is 13.5. The average Bonchev–Trinajstić information content (AvgIpc) is 1.60. The van der Waals surface area contributed by atoms with Crippen LogP contribution in [0.3, 0.4) is 0 Å². The van der Waals surface area contributed by atoms with Crippen LogP contribution in [0.5, 0.6) is 0 Å². The van der Waals surface area contributed by atoms with E-state index < -0.39 is 193 Å². The second kappa shape index (κ2) is 37.7. The highest BCUT2D eigenvalue weighted by Gasteiger charge is 2.38. The molecule has 95 heavy (non-hydrogen) atoms. The lowest BCUT2D eigenvalue weighted by atomic mass is 10.00. The molecule has 0 bridgehead atoms. The van der Waals surface area contributed by atoms with Crippen molar-refractivity contribution in [3.63, 3.8) is 0 Å². The van der Waals surface area contributed by atoms with Crippen LogP contribution >= 0.6 is 0 Å². The zero-order valence-corrected chi connectivity index (χ0v) is 56.1. The summed E-state index contributed by atoms with van der Waals surface area (Å²) in [6.45, 7) is 17.3. The average molecular weight is 1340 g/mol. The molecule has 3 rings (SSSR count). The van der Waals surface area contributed by atoms with Crippen LogP contribution in [0, 0.1) is 5.92 Å². The van der Waals surface area contributed by atoms with Gasteiger partial charge in [0.15, 0.2) is 5.76 Å². The van der Waals surface area contributed by atoms with Crippen molar-refractivity contribution in [2.24, 2.45) is 5.92 Å². The van der Waals surface area contributed by atoms with Gasteiger partial charge in [0.2, 0.25) is 53.2 Å². The number of hydrogen-bond donors (Lipinski definition) is 16. The van der Waals surface area contributed by atoms with Crippen LogP contribution in [-0.4, -0.2) is 209 Å². The highest BCUT2D eigenvalue weighted by Crippen LogP contribution is 2.14. The van der Waals surface area contributed by atoms with Crippen molar-refractivity contribution in [1.29, 1.82) is 0 Å². The van der Waals surface area contributed by atoms with E-state index >= 15 is 0 Å². The fourth-order valence-corrected chi connectivity index (χ4v) is 8.96. The molecule has 1 saturated heterocycles. The first kappa shape index (κ1) is 80.1. The maximum absolute atomic E-state index is 14.9. The van der Waals surface area contributed by atoms with Crippen LogP contribution in [0.1, 0.15) is 138 Å². The van der Waals surface area contributed by atoms with Crippen molar-refractivity contribution >= 4 is 77.4 Å². The summed E-state index contributed by atoms with van der Waals surface area (Å²) in [5, 5.41) is 64.2. The topological polar surface area (TPSA) is 480 Å². The predicted octanol–water partition coefficient (Wildman–Crippen LogP) is -1.44. The van der Waals surface area contributed by atoms with Gasteiger partial charge in [-0.15, -0.1) is 0 Å². The lowest BCUT2D eigenvalue weighted by molar-refractivity contribution is -0.136. The molecular weight excluding hydrogens is 1250 g/mol. The molecule has 2 heterocycles. The third-order valence-corrected chi connectivity index (χ3v) is 13.5. The van der Waals surface area contributed by atoms with Crippen LogP contribution in [0.4, 0.5) is 14.4 Å². The third kappa shape index (κ3) is 30.2. The summed E-state index contributed by atoms with van der Waals surface area (Å²) in [6.07, 6.45) is -7.09.